The number of alkyl halides is 3. The van der Waals surface area contributed by atoms with Crippen LogP contribution in [-0.4, -0.2) is 28.6 Å². The number of hydrogen-bond acceptors (Lipinski definition) is 4. The molecule has 4 nitrogen and oxygen atoms in total. The van der Waals surface area contributed by atoms with E-state index in [0.717, 1.165) is 15.3 Å². The molecule has 2 rings (SSSR count). The Bertz CT molecular complexity index is 759. The summed E-state index contributed by atoms with van der Waals surface area (Å²) in [7, 11) is 0. The quantitative estimate of drug-likeness (QED) is 0.694. The molecular weight excluding hydrogens is 386 g/mol. The molecule has 0 bridgehead atoms. The predicted octanol–water partition coefficient (Wildman–Crippen LogP) is 3.77. The lowest BCUT2D eigenvalue weighted by molar-refractivity contribution is -0.121. The Morgan fingerprint density at radius 2 is 1.96 bits per heavy atom. The maximum atomic E-state index is 13.2. The number of rotatable bonds is 7. The van der Waals surface area contributed by atoms with Crippen molar-refractivity contribution < 1.29 is 14.3 Å². The molecule has 0 spiro atoms. The number of aliphatic hydroxyl groups is 1. The molecule has 1 aromatic heterocycles. The summed E-state index contributed by atoms with van der Waals surface area (Å²) >= 11 is 12.4. The highest BCUT2D eigenvalue weighted by molar-refractivity contribution is 7.15. The van der Waals surface area contributed by atoms with Crippen LogP contribution in [0.4, 0.5) is 4.39 Å². The number of nitrogens with one attached hydrogen (secondary N) is 1. The van der Waals surface area contributed by atoms with Crippen molar-refractivity contribution in [3.8, 4) is 16.5 Å². The second-order valence-corrected chi connectivity index (χ2v) is 7.50. The van der Waals surface area contributed by atoms with Crippen LogP contribution >= 0.6 is 34.5 Å². The Kier molecular flexibility index (Phi) is 7.21. The summed E-state index contributed by atoms with van der Waals surface area (Å²) in [5.41, 5.74) is 1.38. The lowest BCUT2D eigenvalue weighted by atomic mass is 10.0. The number of aliphatic hydroxyl groups excluding tert-OH is 1. The summed E-state index contributed by atoms with van der Waals surface area (Å²) in [6.07, 6.45) is -0.867. The zero-order chi connectivity index (χ0) is 18.4. The van der Waals surface area contributed by atoms with Gasteiger partial charge in [0.25, 0.3) is 5.91 Å². The van der Waals surface area contributed by atoms with Crippen molar-refractivity contribution in [1.29, 1.82) is 5.26 Å². The van der Waals surface area contributed by atoms with Crippen LogP contribution in [-0.2, 0) is 11.2 Å². The van der Waals surface area contributed by atoms with Crippen molar-refractivity contribution in [3.05, 3.63) is 46.8 Å². The van der Waals surface area contributed by atoms with Gasteiger partial charge < -0.3 is 10.4 Å². The monoisotopic (exact) mass is 400 g/mol. The number of thiophene rings is 1. The van der Waals surface area contributed by atoms with Gasteiger partial charge in [-0.05, 0) is 23.3 Å². The fourth-order valence-corrected chi connectivity index (χ4v) is 3.30. The Hall–Kier alpha value is -1.65. The fourth-order valence-electron chi connectivity index (χ4n) is 2.23. The van der Waals surface area contributed by atoms with Crippen LogP contribution in [0, 0.1) is 11.3 Å². The van der Waals surface area contributed by atoms with Crippen molar-refractivity contribution >= 4 is 40.4 Å². The SMILES string of the molecule is N#CCc1ccc(-c2ccc([C@H](O)[C@@H](CF)NC(=O)C(Cl)Cl)cc2)s1. The normalized spacial score (nSPS) is 13.3. The van der Waals surface area contributed by atoms with Gasteiger partial charge in [-0.25, -0.2) is 4.39 Å². The first-order valence-electron chi connectivity index (χ1n) is 7.34. The molecule has 25 heavy (non-hydrogen) atoms. The molecule has 1 aromatic carbocycles. The minimum Gasteiger partial charge on any atom is -0.386 e. The number of halogens is 3. The molecule has 0 fully saturated rings. The minimum atomic E-state index is -1.33. The Morgan fingerprint density at radius 3 is 2.52 bits per heavy atom. The van der Waals surface area contributed by atoms with Crippen molar-refractivity contribution in [3.63, 3.8) is 0 Å². The molecule has 0 unspecified atom stereocenters. The predicted molar refractivity (Wildman–Crippen MR) is 97.4 cm³/mol. The summed E-state index contributed by atoms with van der Waals surface area (Å²) in [6, 6.07) is 11.7. The number of carbonyl (C=O) groups is 1. The molecule has 0 aliphatic rings. The van der Waals surface area contributed by atoms with Crippen molar-refractivity contribution in [2.24, 2.45) is 0 Å². The van der Waals surface area contributed by atoms with Crippen LogP contribution in [0.25, 0.3) is 10.4 Å². The number of carbonyl (C=O) groups excluding carboxylic acids is 1. The molecule has 0 saturated carbocycles. The summed E-state index contributed by atoms with van der Waals surface area (Å²) in [5, 5.41) is 21.3. The van der Waals surface area contributed by atoms with E-state index in [2.05, 4.69) is 11.4 Å². The second-order valence-electron chi connectivity index (χ2n) is 5.24. The lowest BCUT2D eigenvalue weighted by Crippen LogP contribution is -2.43. The van der Waals surface area contributed by atoms with E-state index in [1.165, 1.54) is 11.3 Å². The number of hydrogen-bond donors (Lipinski definition) is 2. The van der Waals surface area contributed by atoms with E-state index in [9.17, 15) is 14.3 Å². The van der Waals surface area contributed by atoms with Gasteiger partial charge in [-0.15, -0.1) is 11.3 Å². The molecule has 1 amide bonds. The van der Waals surface area contributed by atoms with Crippen LogP contribution < -0.4 is 5.32 Å². The first-order valence-corrected chi connectivity index (χ1v) is 9.03. The number of benzene rings is 1. The average molecular weight is 401 g/mol. The van der Waals surface area contributed by atoms with Gasteiger partial charge in [-0.2, -0.15) is 5.26 Å². The zero-order valence-electron chi connectivity index (χ0n) is 13.0. The Balaban J connectivity index is 2.11. The van der Waals surface area contributed by atoms with E-state index in [4.69, 9.17) is 28.5 Å². The average Bonchev–Trinajstić information content (AvgIpc) is 3.08. The first-order chi connectivity index (χ1) is 12.0. The topological polar surface area (TPSA) is 73.1 Å². The van der Waals surface area contributed by atoms with E-state index in [-0.39, 0.29) is 0 Å². The summed E-state index contributed by atoms with van der Waals surface area (Å²) in [5.74, 6) is -0.759. The van der Waals surface area contributed by atoms with E-state index >= 15 is 0 Å². The largest absolute Gasteiger partial charge is 0.386 e. The van der Waals surface area contributed by atoms with Crippen molar-refractivity contribution in [1.82, 2.24) is 5.32 Å². The Labute approximate surface area is 158 Å². The van der Waals surface area contributed by atoms with Crippen LogP contribution in [0.2, 0.25) is 0 Å². The number of nitriles is 1. The van der Waals surface area contributed by atoms with Crippen LogP contribution in [0.15, 0.2) is 36.4 Å². The van der Waals surface area contributed by atoms with E-state index in [0.29, 0.717) is 12.0 Å². The van der Waals surface area contributed by atoms with Gasteiger partial charge in [0.2, 0.25) is 0 Å². The van der Waals surface area contributed by atoms with Crippen LogP contribution in [0.3, 0.4) is 0 Å². The zero-order valence-corrected chi connectivity index (χ0v) is 15.3. The highest BCUT2D eigenvalue weighted by Gasteiger charge is 2.25. The third-order valence-electron chi connectivity index (χ3n) is 3.52. The highest BCUT2D eigenvalue weighted by atomic mass is 35.5. The Morgan fingerprint density at radius 1 is 1.28 bits per heavy atom. The molecule has 1 heterocycles. The first kappa shape index (κ1) is 19.7. The number of nitrogens with zero attached hydrogens (tertiary/aromatic N) is 1. The van der Waals surface area contributed by atoms with Crippen molar-refractivity contribution in [2.45, 2.75) is 23.4 Å². The van der Waals surface area contributed by atoms with Gasteiger partial charge >= 0.3 is 0 Å². The maximum Gasteiger partial charge on any atom is 0.253 e. The van der Waals surface area contributed by atoms with Crippen molar-refractivity contribution in [2.75, 3.05) is 6.67 Å². The van der Waals surface area contributed by atoms with Gasteiger partial charge in [0.05, 0.1) is 18.5 Å². The van der Waals surface area contributed by atoms with Gasteiger partial charge in [-0.1, -0.05) is 47.5 Å². The summed E-state index contributed by atoms with van der Waals surface area (Å²) in [6.45, 7) is -0.961. The molecule has 0 aliphatic heterocycles. The highest BCUT2D eigenvalue weighted by Crippen LogP contribution is 2.30. The van der Waals surface area contributed by atoms with Gasteiger partial charge in [0.1, 0.15) is 12.8 Å². The van der Waals surface area contributed by atoms with E-state index in [1.807, 2.05) is 12.1 Å². The molecule has 8 heteroatoms. The molecular formula is C17H15Cl2FN2O2S. The van der Waals surface area contributed by atoms with E-state index in [1.54, 1.807) is 24.3 Å². The van der Waals surface area contributed by atoms with Crippen LogP contribution in [0.1, 0.15) is 16.5 Å². The molecule has 2 aromatic rings. The third kappa shape index (κ3) is 5.16. The van der Waals surface area contributed by atoms with Gasteiger partial charge in [-0.3, -0.25) is 4.79 Å². The van der Waals surface area contributed by atoms with Crippen LogP contribution in [0.5, 0.6) is 0 Å². The number of amides is 1. The molecule has 2 atom stereocenters. The fraction of sp³-hybridized carbons (Fsp3) is 0.294. The summed E-state index contributed by atoms with van der Waals surface area (Å²) < 4.78 is 13.2. The molecule has 0 aliphatic carbocycles. The smallest absolute Gasteiger partial charge is 0.253 e. The molecule has 0 saturated heterocycles. The molecule has 0 radical (unpaired) electrons. The second kappa shape index (κ2) is 9.16. The molecule has 2 N–H and O–H groups in total. The maximum absolute atomic E-state index is 13.2. The molecule has 132 valence electrons. The lowest BCUT2D eigenvalue weighted by Gasteiger charge is -2.22. The van der Waals surface area contributed by atoms with E-state index < -0.39 is 29.6 Å². The third-order valence-corrected chi connectivity index (χ3v) is 5.06. The standard InChI is InChI=1S/C17H15Cl2FN2O2S/c18-16(19)17(24)22-13(9-20)15(23)11-3-1-10(2-4-11)14-6-5-12(25-14)7-8-21/h1-6,13,15-16,23H,7,9H2,(H,22,24)/t13-,15+/m1/s1. The summed E-state index contributed by atoms with van der Waals surface area (Å²) in [4.78, 5) is 12.1. The van der Waals surface area contributed by atoms with Gasteiger partial charge in [0.15, 0.2) is 4.84 Å². The van der Waals surface area contributed by atoms with Gasteiger partial charge in [0, 0.05) is 9.75 Å². The minimum absolute atomic E-state index is 0.363.